The molecule has 142 valence electrons. The summed E-state index contributed by atoms with van der Waals surface area (Å²) in [6, 6.07) is 12.3. The van der Waals surface area contributed by atoms with Crippen LogP contribution in [0, 0.1) is 6.92 Å². The first-order valence-corrected chi connectivity index (χ1v) is 9.62. The van der Waals surface area contributed by atoms with Crippen molar-refractivity contribution in [2.24, 2.45) is 5.73 Å². The molecule has 0 radical (unpaired) electrons. The molecular weight excluding hydrogens is 362 g/mol. The highest BCUT2D eigenvalue weighted by Crippen LogP contribution is 2.30. The molecule has 1 amide bonds. The second kappa shape index (κ2) is 8.83. The second-order valence-electron chi connectivity index (χ2n) is 6.40. The van der Waals surface area contributed by atoms with Gasteiger partial charge in [0.25, 0.3) is 5.91 Å². The van der Waals surface area contributed by atoms with Crippen LogP contribution in [0.25, 0.3) is 10.4 Å². The van der Waals surface area contributed by atoms with Crippen molar-refractivity contribution in [3.8, 4) is 16.2 Å². The highest BCUT2D eigenvalue weighted by atomic mass is 32.1. The lowest BCUT2D eigenvalue weighted by Crippen LogP contribution is -2.16. The first kappa shape index (κ1) is 19.1. The number of hydrogen-bond donors (Lipinski definition) is 2. The number of aliphatic hydroxyl groups excluding tert-OH is 1. The predicted molar refractivity (Wildman–Crippen MR) is 106 cm³/mol. The molecule has 27 heavy (non-hydrogen) atoms. The quantitative estimate of drug-likeness (QED) is 0.553. The summed E-state index contributed by atoms with van der Waals surface area (Å²) in [6.45, 7) is 2.99. The van der Waals surface area contributed by atoms with Gasteiger partial charge in [0.1, 0.15) is 11.4 Å². The van der Waals surface area contributed by atoms with Crippen LogP contribution in [0.15, 0.2) is 48.9 Å². The van der Waals surface area contributed by atoms with Crippen molar-refractivity contribution in [1.29, 1.82) is 0 Å². The van der Waals surface area contributed by atoms with Gasteiger partial charge >= 0.3 is 0 Å². The van der Waals surface area contributed by atoms with E-state index in [0.717, 1.165) is 17.7 Å². The Morgan fingerprint density at radius 3 is 2.93 bits per heavy atom. The number of aryl methyl sites for hydroxylation is 1. The molecule has 2 heterocycles. The Balaban J connectivity index is 1.43. The van der Waals surface area contributed by atoms with E-state index in [9.17, 15) is 9.90 Å². The minimum Gasteiger partial charge on any atom is -0.494 e. The van der Waals surface area contributed by atoms with Crippen molar-refractivity contribution in [3.05, 3.63) is 59.5 Å². The molecule has 1 atom stereocenters. The van der Waals surface area contributed by atoms with Gasteiger partial charge in [-0.2, -0.15) is 0 Å². The van der Waals surface area contributed by atoms with Gasteiger partial charge in [0.05, 0.1) is 19.0 Å². The molecule has 0 aliphatic carbocycles. The minimum absolute atomic E-state index is 0.200. The summed E-state index contributed by atoms with van der Waals surface area (Å²) in [6.07, 6.45) is 3.82. The van der Waals surface area contributed by atoms with E-state index in [1.165, 1.54) is 16.1 Å². The highest BCUT2D eigenvalue weighted by Gasteiger charge is 2.09. The smallest absolute Gasteiger partial charge is 0.268 e. The Kier molecular flexibility index (Phi) is 6.26. The van der Waals surface area contributed by atoms with Crippen LogP contribution in [0.1, 0.15) is 28.2 Å². The zero-order chi connectivity index (χ0) is 19.2. The molecular formula is C20H23N3O3S. The fourth-order valence-electron chi connectivity index (χ4n) is 2.76. The number of nitrogens with two attached hydrogens (primary N) is 1. The largest absolute Gasteiger partial charge is 0.494 e. The number of benzene rings is 1. The SMILES string of the molecule is Cc1ccc(-c2cccc(OCCC[C@H](O)Cn3cnc(C(N)=O)c3)c2)s1. The lowest BCUT2D eigenvalue weighted by atomic mass is 10.2. The Morgan fingerprint density at radius 2 is 2.22 bits per heavy atom. The summed E-state index contributed by atoms with van der Waals surface area (Å²) in [5.41, 5.74) is 6.52. The number of rotatable bonds is 9. The molecule has 0 bridgehead atoms. The van der Waals surface area contributed by atoms with Gasteiger partial charge in [0, 0.05) is 22.5 Å². The zero-order valence-electron chi connectivity index (χ0n) is 15.2. The van der Waals surface area contributed by atoms with Gasteiger partial charge in [0.2, 0.25) is 0 Å². The Morgan fingerprint density at radius 1 is 1.37 bits per heavy atom. The van der Waals surface area contributed by atoms with Gasteiger partial charge < -0.3 is 20.1 Å². The van der Waals surface area contributed by atoms with E-state index in [1.807, 2.05) is 18.2 Å². The van der Waals surface area contributed by atoms with E-state index in [2.05, 4.69) is 30.1 Å². The van der Waals surface area contributed by atoms with Crippen molar-refractivity contribution in [2.45, 2.75) is 32.4 Å². The van der Waals surface area contributed by atoms with Crippen LogP contribution in [0.3, 0.4) is 0 Å². The molecule has 3 aromatic rings. The number of carbonyl (C=O) groups excluding carboxylic acids is 1. The molecule has 0 saturated carbocycles. The Hall–Kier alpha value is -2.64. The molecule has 0 unspecified atom stereocenters. The molecule has 7 heteroatoms. The van der Waals surface area contributed by atoms with Crippen LogP contribution >= 0.6 is 11.3 Å². The third-order valence-electron chi connectivity index (χ3n) is 4.12. The molecule has 0 fully saturated rings. The van der Waals surface area contributed by atoms with Gasteiger partial charge in [-0.25, -0.2) is 4.98 Å². The molecule has 0 spiro atoms. The number of nitrogens with zero attached hydrogens (tertiary/aromatic N) is 2. The van der Waals surface area contributed by atoms with E-state index in [0.29, 0.717) is 19.6 Å². The maximum Gasteiger partial charge on any atom is 0.268 e. The van der Waals surface area contributed by atoms with Crippen molar-refractivity contribution >= 4 is 17.2 Å². The maximum absolute atomic E-state index is 11.0. The van der Waals surface area contributed by atoms with Crippen molar-refractivity contribution in [2.75, 3.05) is 6.61 Å². The number of aromatic nitrogens is 2. The van der Waals surface area contributed by atoms with Crippen molar-refractivity contribution in [3.63, 3.8) is 0 Å². The van der Waals surface area contributed by atoms with Crippen LogP contribution in [0.2, 0.25) is 0 Å². The standard InChI is InChI=1S/C20H23N3O3S/c1-14-7-8-19(27-14)15-4-2-6-17(10-15)26-9-3-5-16(24)11-23-12-18(20(21)25)22-13-23/h2,4,6-8,10,12-13,16,24H,3,5,9,11H2,1H3,(H2,21,25)/t16-/m0/s1. The number of carbonyl (C=O) groups is 1. The molecule has 3 rings (SSSR count). The van der Waals surface area contributed by atoms with E-state index < -0.39 is 12.0 Å². The first-order chi connectivity index (χ1) is 13.0. The van der Waals surface area contributed by atoms with Crippen LogP contribution in [0.4, 0.5) is 0 Å². The molecule has 1 aromatic carbocycles. The topological polar surface area (TPSA) is 90.4 Å². The van der Waals surface area contributed by atoms with Gasteiger partial charge in [-0.3, -0.25) is 4.79 Å². The van der Waals surface area contributed by atoms with E-state index >= 15 is 0 Å². The highest BCUT2D eigenvalue weighted by molar-refractivity contribution is 7.15. The number of aliphatic hydroxyl groups is 1. The van der Waals surface area contributed by atoms with Gasteiger partial charge in [0.15, 0.2) is 0 Å². The van der Waals surface area contributed by atoms with Crippen molar-refractivity contribution in [1.82, 2.24) is 9.55 Å². The molecule has 0 aliphatic rings. The number of primary amides is 1. The molecule has 3 N–H and O–H groups in total. The summed E-state index contributed by atoms with van der Waals surface area (Å²) >= 11 is 1.76. The average Bonchev–Trinajstić information content (AvgIpc) is 3.28. The average molecular weight is 385 g/mol. The Bertz CT molecular complexity index is 903. The van der Waals surface area contributed by atoms with E-state index in [4.69, 9.17) is 10.5 Å². The monoisotopic (exact) mass is 385 g/mol. The number of ether oxygens (including phenoxy) is 1. The predicted octanol–water partition coefficient (Wildman–Crippen LogP) is 3.24. The molecule has 0 saturated heterocycles. The summed E-state index contributed by atoms with van der Waals surface area (Å²) < 4.78 is 7.49. The Labute approximate surface area is 162 Å². The van der Waals surface area contributed by atoms with Gasteiger partial charge in [-0.15, -0.1) is 11.3 Å². The van der Waals surface area contributed by atoms with Gasteiger partial charge in [-0.05, 0) is 49.6 Å². The summed E-state index contributed by atoms with van der Waals surface area (Å²) in [5, 5.41) is 10.1. The first-order valence-electron chi connectivity index (χ1n) is 8.80. The van der Waals surface area contributed by atoms with Crippen LogP contribution in [-0.4, -0.2) is 33.3 Å². The summed E-state index contributed by atoms with van der Waals surface area (Å²) in [4.78, 5) is 17.4. The number of hydrogen-bond acceptors (Lipinski definition) is 5. The molecule has 2 aromatic heterocycles. The lowest BCUT2D eigenvalue weighted by Gasteiger charge is -2.12. The summed E-state index contributed by atoms with van der Waals surface area (Å²) in [5.74, 6) is 0.255. The van der Waals surface area contributed by atoms with E-state index in [1.54, 1.807) is 22.1 Å². The molecule has 6 nitrogen and oxygen atoms in total. The fourth-order valence-corrected chi connectivity index (χ4v) is 3.62. The van der Waals surface area contributed by atoms with Crippen LogP contribution in [-0.2, 0) is 6.54 Å². The van der Waals surface area contributed by atoms with Crippen molar-refractivity contribution < 1.29 is 14.6 Å². The normalized spacial score (nSPS) is 12.1. The minimum atomic E-state index is -0.573. The van der Waals surface area contributed by atoms with Crippen LogP contribution in [0.5, 0.6) is 5.75 Å². The van der Waals surface area contributed by atoms with Gasteiger partial charge in [-0.1, -0.05) is 12.1 Å². The van der Waals surface area contributed by atoms with Crippen LogP contribution < -0.4 is 10.5 Å². The lowest BCUT2D eigenvalue weighted by molar-refractivity contribution is 0.0995. The molecule has 0 aliphatic heterocycles. The number of thiophene rings is 1. The summed E-state index contributed by atoms with van der Waals surface area (Å²) in [7, 11) is 0. The number of imidazole rings is 1. The third kappa shape index (κ3) is 5.42. The second-order valence-corrected chi connectivity index (χ2v) is 7.69. The third-order valence-corrected chi connectivity index (χ3v) is 5.17. The fraction of sp³-hybridized carbons (Fsp3) is 0.300. The number of amides is 1. The zero-order valence-corrected chi connectivity index (χ0v) is 16.0. The maximum atomic E-state index is 11.0. The van der Waals surface area contributed by atoms with E-state index in [-0.39, 0.29) is 5.69 Å².